The fourth-order valence-electron chi connectivity index (χ4n) is 3.39. The number of nitrogens with one attached hydrogen (secondary N) is 1. The molecule has 1 saturated heterocycles. The number of rotatable bonds is 3. The van der Waals surface area contributed by atoms with Gasteiger partial charge in [-0.1, -0.05) is 18.2 Å². The number of hydrogen-bond donors (Lipinski definition) is 1. The van der Waals surface area contributed by atoms with Crippen LogP contribution in [0.2, 0.25) is 0 Å². The predicted molar refractivity (Wildman–Crippen MR) is 78.8 cm³/mol. The Kier molecular flexibility index (Phi) is 3.73. The van der Waals surface area contributed by atoms with Gasteiger partial charge >= 0.3 is 0 Å². The van der Waals surface area contributed by atoms with Gasteiger partial charge in [0, 0.05) is 11.6 Å². The first-order valence-corrected chi connectivity index (χ1v) is 9.05. The molecule has 2 aliphatic rings. The minimum Gasteiger partial charge on any atom is -0.493 e. The van der Waals surface area contributed by atoms with E-state index in [2.05, 4.69) is 23.5 Å². The fourth-order valence-corrected chi connectivity index (χ4v) is 5.23. The monoisotopic (exact) mass is 295 g/mol. The van der Waals surface area contributed by atoms with Gasteiger partial charge in [-0.15, -0.1) is 0 Å². The van der Waals surface area contributed by atoms with Crippen molar-refractivity contribution in [3.05, 3.63) is 29.3 Å². The lowest BCUT2D eigenvalue weighted by Gasteiger charge is -2.28. The number of para-hydroxylation sites is 1. The first kappa shape index (κ1) is 13.9. The van der Waals surface area contributed by atoms with Gasteiger partial charge in [0.2, 0.25) is 0 Å². The highest BCUT2D eigenvalue weighted by Crippen LogP contribution is 2.38. The predicted octanol–water partition coefficient (Wildman–Crippen LogP) is 1.71. The summed E-state index contributed by atoms with van der Waals surface area (Å²) in [6.45, 7) is 0.753. The molecule has 0 spiro atoms. The quantitative estimate of drug-likeness (QED) is 0.922. The van der Waals surface area contributed by atoms with Crippen LogP contribution in [0.4, 0.5) is 0 Å². The van der Waals surface area contributed by atoms with Crippen molar-refractivity contribution in [2.24, 2.45) is 5.92 Å². The fraction of sp³-hybridized carbons (Fsp3) is 0.600. The third kappa shape index (κ3) is 2.56. The van der Waals surface area contributed by atoms with Crippen LogP contribution in [0, 0.1) is 5.92 Å². The van der Waals surface area contributed by atoms with E-state index in [1.165, 1.54) is 5.56 Å². The first-order valence-electron chi connectivity index (χ1n) is 7.23. The number of aryl methyl sites for hydroxylation is 1. The number of ether oxygens (including phenoxy) is 1. The van der Waals surface area contributed by atoms with Gasteiger partial charge in [0.05, 0.1) is 18.1 Å². The Morgan fingerprint density at radius 2 is 2.25 bits per heavy atom. The summed E-state index contributed by atoms with van der Waals surface area (Å²) in [5, 5.41) is 3.30. The Labute approximate surface area is 120 Å². The summed E-state index contributed by atoms with van der Waals surface area (Å²) >= 11 is 0. The van der Waals surface area contributed by atoms with Crippen LogP contribution in [0.25, 0.3) is 0 Å². The largest absolute Gasteiger partial charge is 0.493 e. The molecule has 3 rings (SSSR count). The van der Waals surface area contributed by atoms with E-state index in [1.54, 1.807) is 0 Å². The molecule has 0 aliphatic carbocycles. The zero-order valence-corrected chi connectivity index (χ0v) is 12.6. The highest BCUT2D eigenvalue weighted by Gasteiger charge is 2.35. The third-order valence-corrected chi connectivity index (χ3v) is 6.14. The highest BCUT2D eigenvalue weighted by molar-refractivity contribution is 7.91. The summed E-state index contributed by atoms with van der Waals surface area (Å²) < 4.78 is 29.3. The molecular weight excluding hydrogens is 274 g/mol. The lowest BCUT2D eigenvalue weighted by atomic mass is 9.89. The van der Waals surface area contributed by atoms with Crippen LogP contribution < -0.4 is 10.1 Å². The van der Waals surface area contributed by atoms with E-state index < -0.39 is 9.84 Å². The summed E-state index contributed by atoms with van der Waals surface area (Å²) in [4.78, 5) is 0. The smallest absolute Gasteiger partial charge is 0.150 e. The minimum atomic E-state index is -2.86. The van der Waals surface area contributed by atoms with Gasteiger partial charge in [0.1, 0.15) is 5.75 Å². The summed E-state index contributed by atoms with van der Waals surface area (Å²) in [7, 11) is -0.960. The highest BCUT2D eigenvalue weighted by atomic mass is 32.2. The summed E-state index contributed by atoms with van der Waals surface area (Å²) in [5.74, 6) is 1.71. The molecule has 4 nitrogen and oxygen atoms in total. The van der Waals surface area contributed by atoms with Crippen LogP contribution in [-0.4, -0.2) is 33.6 Å². The summed E-state index contributed by atoms with van der Waals surface area (Å²) in [6, 6.07) is 6.28. The van der Waals surface area contributed by atoms with E-state index in [0.717, 1.165) is 37.2 Å². The molecule has 0 saturated carbocycles. The molecule has 0 radical (unpaired) electrons. The van der Waals surface area contributed by atoms with Crippen molar-refractivity contribution >= 4 is 9.84 Å². The van der Waals surface area contributed by atoms with Gasteiger partial charge in [-0.25, -0.2) is 8.42 Å². The second-order valence-electron chi connectivity index (χ2n) is 5.72. The minimum absolute atomic E-state index is 0.0559. The Bertz CT molecular complexity index is 597. The second kappa shape index (κ2) is 5.37. The zero-order valence-electron chi connectivity index (χ0n) is 11.8. The van der Waals surface area contributed by atoms with Crippen LogP contribution in [-0.2, 0) is 16.3 Å². The number of sulfone groups is 1. The number of benzene rings is 1. The SMILES string of the molecule is CNC(c1cccc2c1OCCC2)C1CCS(=O)(=O)C1. The van der Waals surface area contributed by atoms with E-state index in [9.17, 15) is 8.42 Å². The van der Waals surface area contributed by atoms with Crippen molar-refractivity contribution in [1.29, 1.82) is 0 Å². The Morgan fingerprint density at radius 1 is 1.40 bits per heavy atom. The summed E-state index contributed by atoms with van der Waals surface area (Å²) in [5.41, 5.74) is 2.36. The van der Waals surface area contributed by atoms with Crippen LogP contribution in [0.5, 0.6) is 5.75 Å². The molecule has 110 valence electrons. The molecule has 1 N–H and O–H groups in total. The molecule has 1 aromatic carbocycles. The molecule has 1 fully saturated rings. The van der Waals surface area contributed by atoms with Crippen molar-refractivity contribution in [3.63, 3.8) is 0 Å². The topological polar surface area (TPSA) is 55.4 Å². The van der Waals surface area contributed by atoms with Crippen molar-refractivity contribution in [1.82, 2.24) is 5.32 Å². The molecular formula is C15H21NO3S. The second-order valence-corrected chi connectivity index (χ2v) is 7.95. The van der Waals surface area contributed by atoms with Gasteiger partial charge in [0.25, 0.3) is 0 Å². The van der Waals surface area contributed by atoms with Gasteiger partial charge < -0.3 is 10.1 Å². The Hall–Kier alpha value is -1.07. The van der Waals surface area contributed by atoms with E-state index in [0.29, 0.717) is 5.75 Å². The summed E-state index contributed by atoms with van der Waals surface area (Å²) in [6.07, 6.45) is 2.83. The van der Waals surface area contributed by atoms with Gasteiger partial charge in [-0.05, 0) is 37.8 Å². The molecule has 0 aromatic heterocycles. The third-order valence-electron chi connectivity index (χ3n) is 4.35. The van der Waals surface area contributed by atoms with E-state index >= 15 is 0 Å². The van der Waals surface area contributed by atoms with Crippen molar-refractivity contribution in [2.75, 3.05) is 25.2 Å². The molecule has 20 heavy (non-hydrogen) atoms. The maximum Gasteiger partial charge on any atom is 0.150 e. The molecule has 0 amide bonds. The van der Waals surface area contributed by atoms with Gasteiger partial charge in [-0.3, -0.25) is 0 Å². The van der Waals surface area contributed by atoms with Crippen LogP contribution in [0.15, 0.2) is 18.2 Å². The van der Waals surface area contributed by atoms with Crippen molar-refractivity contribution in [3.8, 4) is 5.75 Å². The average Bonchev–Trinajstić information content (AvgIpc) is 2.80. The van der Waals surface area contributed by atoms with Gasteiger partial charge in [-0.2, -0.15) is 0 Å². The molecule has 5 heteroatoms. The van der Waals surface area contributed by atoms with Crippen molar-refractivity contribution < 1.29 is 13.2 Å². The maximum atomic E-state index is 11.7. The maximum absolute atomic E-state index is 11.7. The van der Waals surface area contributed by atoms with Crippen molar-refractivity contribution in [2.45, 2.75) is 25.3 Å². The van der Waals surface area contributed by atoms with Crippen LogP contribution in [0.3, 0.4) is 0 Å². The molecule has 0 bridgehead atoms. The first-order chi connectivity index (χ1) is 9.61. The normalized spacial score (nSPS) is 25.8. The molecule has 1 aromatic rings. The zero-order chi connectivity index (χ0) is 14.2. The Balaban J connectivity index is 1.94. The van der Waals surface area contributed by atoms with Crippen LogP contribution >= 0.6 is 0 Å². The van der Waals surface area contributed by atoms with Gasteiger partial charge in [0.15, 0.2) is 9.84 Å². The molecule has 2 aliphatic heterocycles. The molecule has 2 heterocycles. The lowest BCUT2D eigenvalue weighted by molar-refractivity contribution is 0.277. The number of hydrogen-bond acceptors (Lipinski definition) is 4. The van der Waals surface area contributed by atoms with E-state index in [-0.39, 0.29) is 17.7 Å². The average molecular weight is 295 g/mol. The number of fused-ring (bicyclic) bond motifs is 1. The Morgan fingerprint density at radius 3 is 2.95 bits per heavy atom. The van der Waals surface area contributed by atoms with E-state index in [4.69, 9.17) is 4.74 Å². The standard InChI is InChI=1S/C15H21NO3S/c1-16-14(12-7-9-20(17,18)10-12)13-6-2-4-11-5-3-8-19-15(11)13/h2,4,6,12,14,16H,3,5,7-10H2,1H3. The van der Waals surface area contributed by atoms with Crippen LogP contribution in [0.1, 0.15) is 30.0 Å². The van der Waals surface area contributed by atoms with E-state index in [1.807, 2.05) is 7.05 Å². The lowest BCUT2D eigenvalue weighted by Crippen LogP contribution is -2.27. The molecule has 2 atom stereocenters. The molecule has 2 unspecified atom stereocenters.